The van der Waals surface area contributed by atoms with Gasteiger partial charge in [0.1, 0.15) is 17.8 Å². The molecule has 3 aromatic carbocycles. The second kappa shape index (κ2) is 15.6. The molecule has 298 valence electrons. The first-order chi connectivity index (χ1) is 27.8. The lowest BCUT2D eigenvalue weighted by Crippen LogP contribution is -2.67. The van der Waals surface area contributed by atoms with E-state index < -0.39 is 14.4 Å². The van der Waals surface area contributed by atoms with Crippen LogP contribution in [0.5, 0.6) is 0 Å². The highest BCUT2D eigenvalue weighted by molar-refractivity contribution is 6.99. The molecule has 5 heterocycles. The lowest BCUT2D eigenvalue weighted by atomic mass is 9.97. The van der Waals surface area contributed by atoms with Gasteiger partial charge in [-0.05, 0) is 66.5 Å². The summed E-state index contributed by atoms with van der Waals surface area (Å²) >= 11 is 12.5. The van der Waals surface area contributed by atoms with Crippen LogP contribution in [0.3, 0.4) is 0 Å². The molecule has 1 unspecified atom stereocenters. The van der Waals surface area contributed by atoms with Crippen molar-refractivity contribution in [1.82, 2.24) is 39.3 Å². The van der Waals surface area contributed by atoms with E-state index >= 15 is 0 Å². The monoisotopic (exact) mass is 832 g/mol. The lowest BCUT2D eigenvalue weighted by Gasteiger charge is -2.45. The predicted molar refractivity (Wildman–Crippen MR) is 228 cm³/mol. The average Bonchev–Trinajstić information content (AvgIpc) is 3.82. The quantitative estimate of drug-likeness (QED) is 0.140. The van der Waals surface area contributed by atoms with Gasteiger partial charge in [0.2, 0.25) is 0 Å². The van der Waals surface area contributed by atoms with Crippen LogP contribution in [0.15, 0.2) is 104 Å². The summed E-state index contributed by atoms with van der Waals surface area (Å²) < 4.78 is 11.1. The van der Waals surface area contributed by atoms with E-state index in [9.17, 15) is 9.59 Å². The Morgan fingerprint density at radius 2 is 1.64 bits per heavy atom. The van der Waals surface area contributed by atoms with Crippen LogP contribution >= 0.6 is 23.2 Å². The van der Waals surface area contributed by atoms with Gasteiger partial charge in [0.15, 0.2) is 0 Å². The van der Waals surface area contributed by atoms with Crippen LogP contribution in [0.4, 0.5) is 0 Å². The maximum Gasteiger partial charge on any atom is 0.273 e. The van der Waals surface area contributed by atoms with Crippen LogP contribution in [-0.4, -0.2) is 78.7 Å². The summed E-state index contributed by atoms with van der Waals surface area (Å²) in [4.78, 5) is 41.8. The fourth-order valence-corrected chi connectivity index (χ4v) is 13.5. The molecule has 14 heteroatoms. The topological polar surface area (TPSA) is 111 Å². The van der Waals surface area contributed by atoms with Crippen molar-refractivity contribution in [3.63, 3.8) is 0 Å². The Labute approximate surface area is 349 Å². The lowest BCUT2D eigenvalue weighted by molar-refractivity contribution is 0.0517. The minimum atomic E-state index is -2.96. The third-order valence-corrected chi connectivity index (χ3v) is 17.4. The number of rotatable bonds is 9. The Balaban J connectivity index is 1.20. The maximum atomic E-state index is 15.0. The summed E-state index contributed by atoms with van der Waals surface area (Å²) in [5.74, 6) is 0.387. The van der Waals surface area contributed by atoms with Gasteiger partial charge in [-0.15, -0.1) is 0 Å². The molecule has 8 rings (SSSR count). The number of halogens is 2. The molecule has 3 atom stereocenters. The minimum Gasteiger partial charge on any atom is -0.405 e. The second-order valence-corrected chi connectivity index (χ2v) is 21.4. The molecule has 2 aliphatic heterocycles. The number of amides is 2. The highest BCUT2D eigenvalue weighted by atomic mass is 35.5. The number of carbonyl (C=O) groups is 2. The van der Waals surface area contributed by atoms with Gasteiger partial charge >= 0.3 is 0 Å². The van der Waals surface area contributed by atoms with Crippen molar-refractivity contribution < 1.29 is 14.0 Å². The first-order valence-electron chi connectivity index (χ1n) is 19.5. The maximum absolute atomic E-state index is 15.0. The van der Waals surface area contributed by atoms with Crippen molar-refractivity contribution in [2.45, 2.75) is 77.7 Å². The second-order valence-electron chi connectivity index (χ2n) is 16.3. The van der Waals surface area contributed by atoms with Crippen molar-refractivity contribution >= 4 is 53.7 Å². The zero-order valence-electron chi connectivity index (χ0n) is 33.4. The highest BCUT2D eigenvalue weighted by Gasteiger charge is 2.51. The van der Waals surface area contributed by atoms with Gasteiger partial charge in [0.25, 0.3) is 20.1 Å². The van der Waals surface area contributed by atoms with Crippen molar-refractivity contribution in [3.8, 4) is 5.69 Å². The van der Waals surface area contributed by atoms with Gasteiger partial charge in [-0.2, -0.15) is 10.2 Å². The van der Waals surface area contributed by atoms with E-state index in [1.54, 1.807) is 34.0 Å². The van der Waals surface area contributed by atoms with Crippen LogP contribution in [-0.2, 0) is 17.4 Å². The smallest absolute Gasteiger partial charge is 0.273 e. The van der Waals surface area contributed by atoms with E-state index in [-0.39, 0.29) is 35.5 Å². The Hall–Kier alpha value is -5.14. The van der Waals surface area contributed by atoms with E-state index in [2.05, 4.69) is 79.4 Å². The third-order valence-electron chi connectivity index (χ3n) is 11.6. The van der Waals surface area contributed by atoms with Gasteiger partial charge in [0.05, 0.1) is 58.6 Å². The summed E-state index contributed by atoms with van der Waals surface area (Å²) in [6, 6.07) is 29.0. The largest absolute Gasteiger partial charge is 0.405 e. The number of hydrogen-bond donors (Lipinski definition) is 0. The molecule has 6 aromatic rings. The Kier molecular flexibility index (Phi) is 10.6. The standard InChI is InChI=1S/C44H46Cl2N8O3Si/c1-28-21-40-36(25-51(28)42(55)31-17-19-37(45)38(46)22-31)41-43(56)52(29(2)39-20-18-32(23-47-39)53-30(3)48-27-49-53)24-33(54(41)50-40)26-57-58(44(4,5)6,34-13-9-7-10-14-34)35-15-11-8-12-16-35/h7-20,22-23,27-29,33H,21,24-26H2,1-6H3/t28-,29?,33+/m1/s1. The van der Waals surface area contributed by atoms with Crippen LogP contribution in [0.25, 0.3) is 5.69 Å². The number of pyridine rings is 1. The molecule has 0 saturated heterocycles. The zero-order valence-corrected chi connectivity index (χ0v) is 35.9. The fourth-order valence-electron chi connectivity index (χ4n) is 8.57. The molecule has 2 amide bonds. The first kappa shape index (κ1) is 39.7. The molecule has 58 heavy (non-hydrogen) atoms. The van der Waals surface area contributed by atoms with Crippen LogP contribution < -0.4 is 10.4 Å². The molecule has 0 aliphatic carbocycles. The van der Waals surface area contributed by atoms with Gasteiger partial charge in [-0.3, -0.25) is 19.3 Å². The summed E-state index contributed by atoms with van der Waals surface area (Å²) in [6.07, 6.45) is 3.75. The summed E-state index contributed by atoms with van der Waals surface area (Å²) in [5, 5.41) is 12.3. The number of aromatic nitrogens is 6. The third kappa shape index (κ3) is 6.95. The summed E-state index contributed by atoms with van der Waals surface area (Å²) in [5.41, 5.74) is 3.96. The van der Waals surface area contributed by atoms with Crippen molar-refractivity contribution in [1.29, 1.82) is 0 Å². The van der Waals surface area contributed by atoms with E-state index in [4.69, 9.17) is 37.7 Å². The molecular weight excluding hydrogens is 788 g/mol. The van der Waals surface area contributed by atoms with E-state index in [0.717, 1.165) is 28.5 Å². The molecule has 0 spiro atoms. The molecule has 0 bridgehead atoms. The van der Waals surface area contributed by atoms with E-state index in [1.165, 1.54) is 16.7 Å². The summed E-state index contributed by atoms with van der Waals surface area (Å²) in [7, 11) is -2.96. The van der Waals surface area contributed by atoms with Gasteiger partial charge in [-0.25, -0.2) is 9.67 Å². The van der Waals surface area contributed by atoms with Crippen molar-refractivity contribution in [3.05, 3.63) is 148 Å². The van der Waals surface area contributed by atoms with Crippen molar-refractivity contribution in [2.75, 3.05) is 13.2 Å². The van der Waals surface area contributed by atoms with Crippen LogP contribution in [0.1, 0.15) is 90.3 Å². The molecular formula is C44H46Cl2N8O3Si. The van der Waals surface area contributed by atoms with Crippen LogP contribution in [0.2, 0.25) is 15.1 Å². The Bertz CT molecular complexity index is 2430. The fraction of sp³-hybridized carbons (Fsp3) is 0.318. The normalized spacial score (nSPS) is 17.6. The number of aryl methyl sites for hydroxylation is 1. The minimum absolute atomic E-state index is 0.169. The molecule has 2 aliphatic rings. The van der Waals surface area contributed by atoms with Gasteiger partial charge in [0, 0.05) is 30.1 Å². The average molecular weight is 834 g/mol. The zero-order chi connectivity index (χ0) is 40.9. The number of hydrogen-bond acceptors (Lipinski definition) is 7. The highest BCUT2D eigenvalue weighted by Crippen LogP contribution is 2.40. The molecule has 11 nitrogen and oxygen atoms in total. The Morgan fingerprint density at radius 1 is 0.948 bits per heavy atom. The molecule has 0 radical (unpaired) electrons. The number of fused-ring (bicyclic) bond motifs is 3. The van der Waals surface area contributed by atoms with E-state index in [0.29, 0.717) is 40.9 Å². The molecule has 3 aromatic heterocycles. The van der Waals surface area contributed by atoms with Crippen molar-refractivity contribution in [2.24, 2.45) is 0 Å². The molecule has 0 saturated carbocycles. The number of carbonyl (C=O) groups excluding carboxylic acids is 2. The van der Waals surface area contributed by atoms with Gasteiger partial charge in [-0.1, -0.05) is 105 Å². The SMILES string of the molecule is Cc1ncnn1-c1ccc(C(C)N2C[C@@H](CO[Si](c3ccccc3)(c3ccccc3)C(C)(C)C)n3nc4c(c3C2=O)CN(C(=O)c2ccc(Cl)c(Cl)c2)[C@H](C)C4)nc1. The number of benzene rings is 3. The number of nitrogens with zero attached hydrogens (tertiary/aromatic N) is 8. The first-order valence-corrected chi connectivity index (χ1v) is 22.2. The molecule has 0 N–H and O–H groups in total. The van der Waals surface area contributed by atoms with Crippen LogP contribution in [0, 0.1) is 6.92 Å². The summed E-state index contributed by atoms with van der Waals surface area (Å²) in [6.45, 7) is 13.5. The molecule has 0 fully saturated rings. The van der Waals surface area contributed by atoms with Gasteiger partial charge < -0.3 is 14.2 Å². The Morgan fingerprint density at radius 3 is 2.22 bits per heavy atom. The van der Waals surface area contributed by atoms with E-state index in [1.807, 2.05) is 54.6 Å². The predicted octanol–water partition coefficient (Wildman–Crippen LogP) is 7.40.